The van der Waals surface area contributed by atoms with Gasteiger partial charge in [-0.3, -0.25) is 4.79 Å². The van der Waals surface area contributed by atoms with Gasteiger partial charge in [-0.2, -0.15) is 0 Å². The van der Waals surface area contributed by atoms with Crippen molar-refractivity contribution in [3.05, 3.63) is 99.6 Å². The molecular formula is C32H34O3. The maximum Gasteiger partial charge on any atom is 0.343 e. The van der Waals surface area contributed by atoms with E-state index >= 15 is 0 Å². The first-order valence-electron chi connectivity index (χ1n) is 12.7. The highest BCUT2D eigenvalue weighted by molar-refractivity contribution is 6.10. The van der Waals surface area contributed by atoms with Crippen molar-refractivity contribution in [3.8, 4) is 5.75 Å². The summed E-state index contributed by atoms with van der Waals surface area (Å²) >= 11 is 0. The van der Waals surface area contributed by atoms with Gasteiger partial charge < -0.3 is 4.74 Å². The minimum Gasteiger partial charge on any atom is -0.423 e. The standard InChI is InChI=1S/C32H34O3/c1-20-18-27-28(32(4,5)17-16-31(27,2)3)19-26(20)29(33)23-8-10-24(11-9-23)30(34)35-25-14-12-22(13-15-25)21-6-7-21/h8-15,18-19,21H,6-7,16-17H2,1-5H3. The average molecular weight is 467 g/mol. The summed E-state index contributed by atoms with van der Waals surface area (Å²) in [6.45, 7) is 11.1. The van der Waals surface area contributed by atoms with E-state index in [1.807, 2.05) is 31.2 Å². The molecule has 35 heavy (non-hydrogen) atoms. The topological polar surface area (TPSA) is 43.4 Å². The molecule has 0 spiro atoms. The first-order chi connectivity index (χ1) is 16.5. The monoisotopic (exact) mass is 466 g/mol. The zero-order valence-corrected chi connectivity index (χ0v) is 21.4. The lowest BCUT2D eigenvalue weighted by Gasteiger charge is -2.42. The van der Waals surface area contributed by atoms with E-state index in [4.69, 9.17) is 4.74 Å². The first kappa shape index (κ1) is 23.5. The van der Waals surface area contributed by atoms with Crippen LogP contribution in [0.5, 0.6) is 5.75 Å². The van der Waals surface area contributed by atoms with Crippen LogP contribution in [-0.4, -0.2) is 11.8 Å². The number of ketones is 1. The van der Waals surface area contributed by atoms with Crippen molar-refractivity contribution in [2.24, 2.45) is 0 Å². The SMILES string of the molecule is Cc1cc2c(cc1C(=O)c1ccc(C(=O)Oc3ccc(C4CC4)cc3)cc1)C(C)(C)CCC2(C)C. The lowest BCUT2D eigenvalue weighted by molar-refractivity contribution is 0.0734. The summed E-state index contributed by atoms with van der Waals surface area (Å²) in [5, 5.41) is 0. The van der Waals surface area contributed by atoms with Crippen molar-refractivity contribution in [2.45, 2.75) is 77.0 Å². The Morgan fingerprint density at radius 1 is 0.771 bits per heavy atom. The van der Waals surface area contributed by atoms with E-state index in [9.17, 15) is 9.59 Å². The molecule has 0 aliphatic heterocycles. The number of ether oxygens (including phenoxy) is 1. The molecule has 3 heteroatoms. The molecular weight excluding hydrogens is 432 g/mol. The van der Waals surface area contributed by atoms with Crippen LogP contribution in [0.15, 0.2) is 60.7 Å². The summed E-state index contributed by atoms with van der Waals surface area (Å²) in [5.41, 5.74) is 6.82. The highest BCUT2D eigenvalue weighted by Crippen LogP contribution is 2.46. The van der Waals surface area contributed by atoms with E-state index < -0.39 is 5.97 Å². The van der Waals surface area contributed by atoms with Gasteiger partial charge >= 0.3 is 5.97 Å². The van der Waals surface area contributed by atoms with Crippen LogP contribution in [0.2, 0.25) is 0 Å². The number of fused-ring (bicyclic) bond motifs is 1. The van der Waals surface area contributed by atoms with E-state index in [-0.39, 0.29) is 16.6 Å². The Morgan fingerprint density at radius 2 is 1.31 bits per heavy atom. The Balaban J connectivity index is 1.35. The van der Waals surface area contributed by atoms with E-state index in [0.29, 0.717) is 22.8 Å². The zero-order valence-electron chi connectivity index (χ0n) is 21.4. The Bertz CT molecular complexity index is 1290. The first-order valence-corrected chi connectivity index (χ1v) is 12.7. The number of carbonyl (C=O) groups excluding carboxylic acids is 2. The quantitative estimate of drug-likeness (QED) is 0.220. The molecule has 0 N–H and O–H groups in total. The molecule has 0 saturated heterocycles. The molecule has 0 bridgehead atoms. The maximum atomic E-state index is 13.5. The van der Waals surface area contributed by atoms with Gasteiger partial charge in [0.15, 0.2) is 5.78 Å². The predicted octanol–water partition coefficient (Wildman–Crippen LogP) is 7.67. The normalized spacial score (nSPS) is 18.0. The van der Waals surface area contributed by atoms with Gasteiger partial charge in [0.25, 0.3) is 0 Å². The summed E-state index contributed by atoms with van der Waals surface area (Å²) in [5.74, 6) is 0.771. The van der Waals surface area contributed by atoms with Gasteiger partial charge in [-0.1, -0.05) is 58.0 Å². The van der Waals surface area contributed by atoms with Crippen LogP contribution in [-0.2, 0) is 10.8 Å². The molecule has 0 aromatic heterocycles. The van der Waals surface area contributed by atoms with Crippen molar-refractivity contribution < 1.29 is 14.3 Å². The smallest absolute Gasteiger partial charge is 0.343 e. The van der Waals surface area contributed by atoms with Gasteiger partial charge in [0, 0.05) is 11.1 Å². The van der Waals surface area contributed by atoms with E-state index in [1.165, 1.54) is 29.5 Å². The summed E-state index contributed by atoms with van der Waals surface area (Å²) in [7, 11) is 0. The number of benzene rings is 3. The van der Waals surface area contributed by atoms with Gasteiger partial charge in [0.1, 0.15) is 5.75 Å². The highest BCUT2D eigenvalue weighted by atomic mass is 16.5. The third-order valence-electron chi connectivity index (χ3n) is 7.96. The number of hydrogen-bond acceptors (Lipinski definition) is 3. The summed E-state index contributed by atoms with van der Waals surface area (Å²) in [4.78, 5) is 26.1. The molecule has 3 nitrogen and oxygen atoms in total. The summed E-state index contributed by atoms with van der Waals surface area (Å²) < 4.78 is 5.54. The average Bonchev–Trinajstić information content (AvgIpc) is 3.68. The molecule has 5 rings (SSSR count). The minimum atomic E-state index is -0.419. The molecule has 0 heterocycles. The van der Waals surface area contributed by atoms with E-state index in [1.54, 1.807) is 24.3 Å². The van der Waals surface area contributed by atoms with Gasteiger partial charge in [-0.05, 0) is 102 Å². The minimum absolute atomic E-state index is 0.0138. The van der Waals surface area contributed by atoms with Gasteiger partial charge in [0.05, 0.1) is 5.56 Å². The number of carbonyl (C=O) groups is 2. The molecule has 0 radical (unpaired) electrons. The number of aryl methyl sites for hydroxylation is 1. The molecule has 3 aromatic carbocycles. The molecule has 180 valence electrons. The second-order valence-corrected chi connectivity index (χ2v) is 11.6. The van der Waals surface area contributed by atoms with E-state index in [2.05, 4.69) is 39.8 Å². The Morgan fingerprint density at radius 3 is 1.89 bits per heavy atom. The van der Waals surface area contributed by atoms with Crippen molar-refractivity contribution in [3.63, 3.8) is 0 Å². The van der Waals surface area contributed by atoms with Crippen LogP contribution in [0.25, 0.3) is 0 Å². The molecule has 3 aromatic rings. The van der Waals surface area contributed by atoms with Gasteiger partial charge in [0.2, 0.25) is 0 Å². The summed E-state index contributed by atoms with van der Waals surface area (Å²) in [6, 6.07) is 18.9. The molecule has 1 fully saturated rings. The van der Waals surface area contributed by atoms with E-state index in [0.717, 1.165) is 24.0 Å². The lowest BCUT2D eigenvalue weighted by atomic mass is 9.62. The number of hydrogen-bond donors (Lipinski definition) is 0. The maximum absolute atomic E-state index is 13.5. The molecule has 2 aliphatic rings. The number of rotatable bonds is 5. The second-order valence-electron chi connectivity index (χ2n) is 11.6. The lowest BCUT2D eigenvalue weighted by Crippen LogP contribution is -2.34. The molecule has 1 saturated carbocycles. The predicted molar refractivity (Wildman–Crippen MR) is 140 cm³/mol. The van der Waals surface area contributed by atoms with Crippen LogP contribution in [0.4, 0.5) is 0 Å². The fourth-order valence-corrected chi connectivity index (χ4v) is 5.27. The van der Waals surface area contributed by atoms with Crippen LogP contribution >= 0.6 is 0 Å². The molecule has 0 unspecified atom stereocenters. The van der Waals surface area contributed by atoms with Crippen LogP contribution < -0.4 is 4.74 Å². The van der Waals surface area contributed by atoms with Crippen LogP contribution in [0.3, 0.4) is 0 Å². The van der Waals surface area contributed by atoms with Gasteiger partial charge in [-0.25, -0.2) is 4.79 Å². The fourth-order valence-electron chi connectivity index (χ4n) is 5.27. The fraction of sp³-hybridized carbons (Fsp3) is 0.375. The Kier molecular flexibility index (Phi) is 5.70. The largest absolute Gasteiger partial charge is 0.423 e. The third-order valence-corrected chi connectivity index (χ3v) is 7.96. The Labute approximate surface area is 208 Å². The zero-order chi connectivity index (χ0) is 25.0. The third kappa shape index (κ3) is 4.57. The summed E-state index contributed by atoms with van der Waals surface area (Å²) in [6.07, 6.45) is 4.72. The van der Waals surface area contributed by atoms with Crippen molar-refractivity contribution in [1.29, 1.82) is 0 Å². The highest BCUT2D eigenvalue weighted by Gasteiger charge is 2.38. The number of esters is 1. The van der Waals surface area contributed by atoms with Crippen LogP contribution in [0, 0.1) is 6.92 Å². The second kappa shape index (κ2) is 8.48. The van der Waals surface area contributed by atoms with Crippen molar-refractivity contribution >= 4 is 11.8 Å². The molecule has 0 amide bonds. The molecule has 2 aliphatic carbocycles. The van der Waals surface area contributed by atoms with Crippen molar-refractivity contribution in [1.82, 2.24) is 0 Å². The Hall–Kier alpha value is -3.20. The van der Waals surface area contributed by atoms with Crippen molar-refractivity contribution in [2.75, 3.05) is 0 Å². The van der Waals surface area contributed by atoms with Gasteiger partial charge in [-0.15, -0.1) is 0 Å². The molecule has 0 atom stereocenters. The van der Waals surface area contributed by atoms with Crippen LogP contribution in [0.1, 0.15) is 108 Å².